The molecule has 0 radical (unpaired) electrons. The first-order chi connectivity index (χ1) is 13.8. The van der Waals surface area contributed by atoms with Gasteiger partial charge in [0.05, 0.1) is 15.6 Å². The van der Waals surface area contributed by atoms with E-state index in [0.717, 1.165) is 23.6 Å². The molecule has 0 unspecified atom stereocenters. The molecule has 1 amide bonds. The maximum absolute atomic E-state index is 13.3. The van der Waals surface area contributed by atoms with E-state index < -0.39 is 10.0 Å². The summed E-state index contributed by atoms with van der Waals surface area (Å²) in [5.74, 6) is 0.857. The zero-order chi connectivity index (χ0) is 20.6. The van der Waals surface area contributed by atoms with Gasteiger partial charge in [0.2, 0.25) is 5.91 Å². The Morgan fingerprint density at radius 3 is 2.45 bits per heavy atom. The van der Waals surface area contributed by atoms with Crippen LogP contribution in [-0.2, 0) is 14.8 Å². The largest absolute Gasteiger partial charge is 0.352 e. The molecule has 0 aromatic heterocycles. The maximum atomic E-state index is 13.3. The number of sulfonamides is 1. The van der Waals surface area contributed by atoms with Crippen molar-refractivity contribution in [3.05, 3.63) is 58.6 Å². The summed E-state index contributed by atoms with van der Waals surface area (Å²) in [5, 5.41) is 3.61. The van der Waals surface area contributed by atoms with Crippen LogP contribution in [0.2, 0.25) is 10.0 Å². The second-order valence-electron chi connectivity index (χ2n) is 7.77. The van der Waals surface area contributed by atoms with Crippen LogP contribution >= 0.6 is 23.2 Å². The molecule has 2 bridgehead atoms. The highest BCUT2D eigenvalue weighted by Gasteiger charge is 2.40. The normalized spacial score (nSPS) is 23.2. The lowest BCUT2D eigenvalue weighted by Crippen LogP contribution is -2.46. The van der Waals surface area contributed by atoms with Gasteiger partial charge in [0, 0.05) is 11.1 Å². The molecular weight excluding hydrogens is 431 g/mol. The van der Waals surface area contributed by atoms with Gasteiger partial charge in [-0.25, -0.2) is 8.42 Å². The fourth-order valence-electron chi connectivity index (χ4n) is 4.51. The number of fused-ring (bicyclic) bond motifs is 2. The zero-order valence-electron chi connectivity index (χ0n) is 15.7. The zero-order valence-corrected chi connectivity index (χ0v) is 18.1. The Morgan fingerprint density at radius 1 is 1.07 bits per heavy atom. The average molecular weight is 453 g/mol. The van der Waals surface area contributed by atoms with Crippen molar-refractivity contribution in [3.8, 4) is 0 Å². The van der Waals surface area contributed by atoms with Crippen LogP contribution < -0.4 is 9.62 Å². The number of hydrogen-bond acceptors (Lipinski definition) is 3. The molecule has 8 heteroatoms. The van der Waals surface area contributed by atoms with Gasteiger partial charge in [-0.05, 0) is 61.4 Å². The maximum Gasteiger partial charge on any atom is 0.264 e. The molecule has 0 spiro atoms. The minimum absolute atomic E-state index is 0.0961. The number of carbonyl (C=O) groups excluding carboxylic acids is 1. The van der Waals surface area contributed by atoms with Crippen molar-refractivity contribution in [3.63, 3.8) is 0 Å². The van der Waals surface area contributed by atoms with Gasteiger partial charge in [-0.1, -0.05) is 47.8 Å². The fraction of sp³-hybridized carbons (Fsp3) is 0.381. The standard InChI is InChI=1S/C21H22Cl2N2O3S/c22-16-8-9-20(18(23)12-16)25(29(27,28)17-4-2-1-3-5-17)13-21(26)24-19-11-14-6-7-15(19)10-14/h1-5,8-9,12,14-15,19H,6-7,10-11,13H2,(H,24,26)/t14-,15+,19+/m1/s1. The Hall–Kier alpha value is -1.76. The van der Waals surface area contributed by atoms with Gasteiger partial charge in [-0.15, -0.1) is 0 Å². The van der Waals surface area contributed by atoms with E-state index in [-0.39, 0.29) is 34.1 Å². The summed E-state index contributed by atoms with van der Waals surface area (Å²) >= 11 is 12.3. The summed E-state index contributed by atoms with van der Waals surface area (Å²) in [4.78, 5) is 12.9. The van der Waals surface area contributed by atoms with Gasteiger partial charge in [0.1, 0.15) is 6.54 Å². The lowest BCUT2D eigenvalue weighted by molar-refractivity contribution is -0.120. The molecule has 0 aliphatic heterocycles. The number of anilines is 1. The van der Waals surface area contributed by atoms with E-state index in [9.17, 15) is 13.2 Å². The number of amides is 1. The topological polar surface area (TPSA) is 66.5 Å². The van der Waals surface area contributed by atoms with Gasteiger partial charge in [0.25, 0.3) is 10.0 Å². The van der Waals surface area contributed by atoms with Crippen LogP contribution in [0.25, 0.3) is 0 Å². The van der Waals surface area contributed by atoms with Crippen molar-refractivity contribution >= 4 is 44.8 Å². The lowest BCUT2D eigenvalue weighted by atomic mass is 9.95. The monoisotopic (exact) mass is 452 g/mol. The molecule has 0 heterocycles. The Bertz CT molecular complexity index is 1010. The molecular formula is C21H22Cl2N2O3S. The molecule has 0 saturated heterocycles. The Balaban J connectivity index is 1.62. The number of rotatable bonds is 6. The van der Waals surface area contributed by atoms with Crippen molar-refractivity contribution in [2.45, 2.75) is 36.6 Å². The number of benzene rings is 2. The summed E-state index contributed by atoms with van der Waals surface area (Å²) in [5.41, 5.74) is 0.225. The van der Waals surface area contributed by atoms with Crippen LogP contribution in [0.15, 0.2) is 53.4 Å². The molecule has 1 N–H and O–H groups in total. The van der Waals surface area contributed by atoms with Crippen molar-refractivity contribution in [1.82, 2.24) is 5.32 Å². The van der Waals surface area contributed by atoms with E-state index >= 15 is 0 Å². The average Bonchev–Trinajstić information content (AvgIpc) is 3.30. The van der Waals surface area contributed by atoms with E-state index in [1.165, 1.54) is 30.7 Å². The highest BCUT2D eigenvalue weighted by Crippen LogP contribution is 2.44. The predicted molar refractivity (Wildman–Crippen MR) is 115 cm³/mol. The van der Waals surface area contributed by atoms with Gasteiger partial charge < -0.3 is 5.32 Å². The summed E-state index contributed by atoms with van der Waals surface area (Å²) in [6.45, 7) is -0.341. The van der Waals surface area contributed by atoms with Crippen LogP contribution in [0.5, 0.6) is 0 Å². The molecule has 2 saturated carbocycles. The van der Waals surface area contributed by atoms with Gasteiger partial charge in [0.15, 0.2) is 0 Å². The van der Waals surface area contributed by atoms with E-state index in [2.05, 4.69) is 5.32 Å². The van der Waals surface area contributed by atoms with E-state index in [1.54, 1.807) is 24.3 Å². The predicted octanol–water partition coefficient (Wildman–Crippen LogP) is 4.49. The second-order valence-corrected chi connectivity index (χ2v) is 10.5. The minimum Gasteiger partial charge on any atom is -0.352 e. The Morgan fingerprint density at radius 2 is 1.83 bits per heavy atom. The Labute approximate surface area is 181 Å². The Kier molecular flexibility index (Phi) is 5.78. The van der Waals surface area contributed by atoms with Crippen LogP contribution in [0.1, 0.15) is 25.7 Å². The van der Waals surface area contributed by atoms with Gasteiger partial charge >= 0.3 is 0 Å². The highest BCUT2D eigenvalue weighted by atomic mass is 35.5. The molecule has 2 aliphatic rings. The summed E-state index contributed by atoms with van der Waals surface area (Å²) in [6, 6.07) is 12.7. The number of nitrogens with zero attached hydrogens (tertiary/aromatic N) is 1. The minimum atomic E-state index is -3.98. The van der Waals surface area contributed by atoms with Crippen LogP contribution in [0.3, 0.4) is 0 Å². The molecule has 4 rings (SSSR count). The quantitative estimate of drug-likeness (QED) is 0.701. The summed E-state index contributed by atoms with van der Waals surface area (Å²) < 4.78 is 27.7. The highest BCUT2D eigenvalue weighted by molar-refractivity contribution is 7.92. The SMILES string of the molecule is O=C(CN(c1ccc(Cl)cc1Cl)S(=O)(=O)c1ccccc1)N[C@H]1C[C@@H]2CC[C@H]1C2. The van der Waals surface area contributed by atoms with Crippen LogP contribution in [0, 0.1) is 11.8 Å². The third-order valence-corrected chi connectivity index (χ3v) is 8.19. The molecule has 3 atom stereocenters. The van der Waals surface area contributed by atoms with E-state index in [1.807, 2.05) is 0 Å². The molecule has 29 heavy (non-hydrogen) atoms. The number of halogens is 2. The van der Waals surface area contributed by atoms with Crippen LogP contribution in [-0.4, -0.2) is 26.9 Å². The fourth-order valence-corrected chi connectivity index (χ4v) is 6.53. The first-order valence-corrected chi connectivity index (χ1v) is 11.9. The molecule has 154 valence electrons. The first-order valence-electron chi connectivity index (χ1n) is 9.67. The first kappa shape index (κ1) is 20.5. The van der Waals surface area contributed by atoms with Gasteiger partial charge in [-0.3, -0.25) is 9.10 Å². The molecule has 2 fully saturated rings. The third-order valence-electron chi connectivity index (χ3n) is 5.88. The van der Waals surface area contributed by atoms with Crippen molar-refractivity contribution in [2.24, 2.45) is 11.8 Å². The molecule has 5 nitrogen and oxygen atoms in total. The second kappa shape index (κ2) is 8.17. The summed E-state index contributed by atoms with van der Waals surface area (Å²) in [7, 11) is -3.98. The van der Waals surface area contributed by atoms with Gasteiger partial charge in [-0.2, -0.15) is 0 Å². The van der Waals surface area contributed by atoms with E-state index in [4.69, 9.17) is 23.2 Å². The molecule has 2 aliphatic carbocycles. The third kappa shape index (κ3) is 4.25. The molecule has 2 aromatic carbocycles. The van der Waals surface area contributed by atoms with Crippen molar-refractivity contribution in [1.29, 1.82) is 0 Å². The molecule has 2 aromatic rings. The summed E-state index contributed by atoms with van der Waals surface area (Å²) in [6.07, 6.45) is 4.49. The number of carbonyl (C=O) groups is 1. The van der Waals surface area contributed by atoms with Crippen molar-refractivity contribution in [2.75, 3.05) is 10.8 Å². The smallest absolute Gasteiger partial charge is 0.264 e. The van der Waals surface area contributed by atoms with Crippen LogP contribution in [0.4, 0.5) is 5.69 Å². The number of nitrogens with one attached hydrogen (secondary N) is 1. The van der Waals surface area contributed by atoms with E-state index in [0.29, 0.717) is 16.9 Å². The number of hydrogen-bond donors (Lipinski definition) is 1. The van der Waals surface area contributed by atoms with Crippen molar-refractivity contribution < 1.29 is 13.2 Å². The lowest BCUT2D eigenvalue weighted by Gasteiger charge is -2.27.